The second kappa shape index (κ2) is 9.76. The Kier molecular flexibility index (Phi) is 3.15. The van der Waals surface area contributed by atoms with Crippen molar-refractivity contribution in [3.05, 3.63) is 169 Å². The fraction of sp³-hybridized carbons (Fsp3) is 0. The van der Waals surface area contributed by atoms with Crippen LogP contribution in [-0.4, -0.2) is 0 Å². The van der Waals surface area contributed by atoms with Crippen molar-refractivity contribution in [1.29, 1.82) is 0 Å². The highest BCUT2D eigenvalue weighted by atomic mass is 14.2. The molecule has 0 aliphatic rings. The zero-order chi connectivity index (χ0) is 43.2. The van der Waals surface area contributed by atoms with Crippen LogP contribution in [0.5, 0.6) is 0 Å². The van der Waals surface area contributed by atoms with E-state index in [0.717, 1.165) is 38.1 Å². The van der Waals surface area contributed by atoms with Crippen LogP contribution in [0.1, 0.15) is 20.6 Å². The molecule has 0 bridgehead atoms. The van der Waals surface area contributed by atoms with E-state index < -0.39 is 96.2 Å². The van der Waals surface area contributed by atoms with Gasteiger partial charge in [0, 0.05) is 0 Å². The van der Waals surface area contributed by atoms with Crippen molar-refractivity contribution in [1.82, 2.24) is 0 Å². The summed E-state index contributed by atoms with van der Waals surface area (Å²) in [5.41, 5.74) is 1.57. The third-order valence-electron chi connectivity index (χ3n) is 8.96. The number of hydrogen-bond donors (Lipinski definition) is 0. The Balaban J connectivity index is 1.55. The van der Waals surface area contributed by atoms with E-state index >= 15 is 0 Å². The molecule has 0 spiro atoms. The van der Waals surface area contributed by atoms with E-state index in [1.54, 1.807) is 6.07 Å². The van der Waals surface area contributed by atoms with E-state index in [1.165, 1.54) is 0 Å². The van der Waals surface area contributed by atoms with E-state index in [1.807, 2.05) is 66.7 Å². The van der Waals surface area contributed by atoms with Crippen LogP contribution in [0.15, 0.2) is 169 Å². The molecule has 0 fully saturated rings. The van der Waals surface area contributed by atoms with Gasteiger partial charge in [0.15, 0.2) is 0 Å². The molecule has 0 N–H and O–H groups in total. The Hall–Kier alpha value is -5.98. The SMILES string of the molecule is [2H]c1c([2H])c([2H])c(-c2c3c([2H])c([2H])c([2H])c([2H])c3c(-c3ccc4ccc5c(-c6ccccc6)ccc6ccc3c4c65)c3c2c([2H])c([2H])c2c([2H])c([2H])c([2H])c([2H])c23)c([2H])c1[2H]. The molecule has 10 aromatic carbocycles. The molecule has 212 valence electrons. The molecule has 0 aliphatic carbocycles. The third kappa shape index (κ3) is 3.56. The zero-order valence-electron chi connectivity index (χ0n) is 39.0. The topological polar surface area (TPSA) is 0 Å². The predicted molar refractivity (Wildman–Crippen MR) is 199 cm³/mol. The summed E-state index contributed by atoms with van der Waals surface area (Å²) in [6.07, 6.45) is 0. The van der Waals surface area contributed by atoms with Crippen molar-refractivity contribution in [2.24, 2.45) is 0 Å². The normalized spacial score (nSPS) is 16.5. The Bertz CT molecular complexity index is 3610. The van der Waals surface area contributed by atoms with Gasteiger partial charge in [-0.15, -0.1) is 0 Å². The average molecular weight is 596 g/mol. The molecule has 0 heterocycles. The predicted octanol–water partition coefficient (Wildman–Crippen LogP) is 13.0. The summed E-state index contributed by atoms with van der Waals surface area (Å²) in [5, 5.41) is 3.68. The minimum absolute atomic E-state index is 0.0675. The lowest BCUT2D eigenvalue weighted by molar-refractivity contribution is 1.66. The van der Waals surface area contributed by atoms with Crippen LogP contribution in [-0.2, 0) is 0 Å². The Morgan fingerprint density at radius 2 is 0.891 bits per heavy atom. The lowest BCUT2D eigenvalue weighted by Crippen LogP contribution is -1.94. The molecular formula is C46H28. The van der Waals surface area contributed by atoms with Crippen LogP contribution in [0.25, 0.3) is 98.0 Å². The molecule has 0 saturated carbocycles. The van der Waals surface area contributed by atoms with Crippen molar-refractivity contribution in [2.45, 2.75) is 0 Å². The first-order valence-corrected chi connectivity index (χ1v) is 14.8. The summed E-state index contributed by atoms with van der Waals surface area (Å²) >= 11 is 0. The van der Waals surface area contributed by atoms with Crippen molar-refractivity contribution in [2.75, 3.05) is 0 Å². The summed E-state index contributed by atoms with van der Waals surface area (Å²) in [4.78, 5) is 0. The minimum atomic E-state index is -0.746. The van der Waals surface area contributed by atoms with Crippen molar-refractivity contribution in [3.63, 3.8) is 0 Å². The van der Waals surface area contributed by atoms with Crippen LogP contribution in [0.4, 0.5) is 0 Å². The maximum absolute atomic E-state index is 9.65. The van der Waals surface area contributed by atoms with E-state index in [0.29, 0.717) is 10.9 Å². The molecule has 0 amide bonds. The maximum atomic E-state index is 9.65. The van der Waals surface area contributed by atoms with Gasteiger partial charge in [0.1, 0.15) is 0 Å². The molecule has 10 rings (SSSR count). The Morgan fingerprint density at radius 3 is 1.63 bits per heavy atom. The Morgan fingerprint density at radius 1 is 0.304 bits per heavy atom. The highest BCUT2D eigenvalue weighted by Gasteiger charge is 2.21. The van der Waals surface area contributed by atoms with E-state index in [-0.39, 0.29) is 43.4 Å². The number of rotatable bonds is 3. The van der Waals surface area contributed by atoms with Gasteiger partial charge in [-0.05, 0) is 98.0 Å². The van der Waals surface area contributed by atoms with Gasteiger partial charge in [0.2, 0.25) is 0 Å². The van der Waals surface area contributed by atoms with Gasteiger partial charge in [0.25, 0.3) is 0 Å². The van der Waals surface area contributed by atoms with Crippen LogP contribution in [0.3, 0.4) is 0 Å². The van der Waals surface area contributed by atoms with Gasteiger partial charge in [-0.1, -0.05) is 169 Å². The average Bonchev–Trinajstić information content (AvgIpc) is 3.27. The van der Waals surface area contributed by atoms with Gasteiger partial charge >= 0.3 is 0 Å². The van der Waals surface area contributed by atoms with Gasteiger partial charge in [-0.2, -0.15) is 0 Å². The molecule has 0 unspecified atom stereocenters. The summed E-state index contributed by atoms with van der Waals surface area (Å²) in [6, 6.07) is 15.5. The Labute approximate surface area is 288 Å². The largest absolute Gasteiger partial charge is 0.0630 e. The molecule has 0 aromatic heterocycles. The van der Waals surface area contributed by atoms with Crippen molar-refractivity contribution < 1.29 is 20.6 Å². The molecule has 0 saturated heterocycles. The van der Waals surface area contributed by atoms with Crippen LogP contribution < -0.4 is 0 Å². The number of benzene rings is 10. The van der Waals surface area contributed by atoms with Crippen molar-refractivity contribution >= 4 is 64.6 Å². The molecule has 10 aromatic rings. The number of hydrogen-bond acceptors (Lipinski definition) is 0. The summed E-state index contributed by atoms with van der Waals surface area (Å²) < 4.78 is 135. The number of fused-ring (bicyclic) bond motifs is 4. The van der Waals surface area contributed by atoms with Gasteiger partial charge in [0.05, 0.1) is 20.6 Å². The molecule has 0 aliphatic heterocycles. The second-order valence-corrected chi connectivity index (χ2v) is 11.3. The fourth-order valence-corrected chi connectivity index (χ4v) is 7.06. The lowest BCUT2D eigenvalue weighted by atomic mass is 9.81. The van der Waals surface area contributed by atoms with E-state index in [2.05, 4.69) is 6.07 Å². The first-order valence-electron chi connectivity index (χ1n) is 22.3. The van der Waals surface area contributed by atoms with Gasteiger partial charge in [-0.25, -0.2) is 0 Å². The highest BCUT2D eigenvalue weighted by Crippen LogP contribution is 2.49. The highest BCUT2D eigenvalue weighted by molar-refractivity contribution is 6.33. The summed E-state index contributed by atoms with van der Waals surface area (Å²) in [7, 11) is 0. The monoisotopic (exact) mass is 595 g/mol. The molecule has 0 radical (unpaired) electrons. The molecular weight excluding hydrogens is 553 g/mol. The first kappa shape index (κ1) is 14.9. The van der Waals surface area contributed by atoms with E-state index in [9.17, 15) is 6.85 Å². The zero-order valence-corrected chi connectivity index (χ0v) is 24.0. The molecule has 46 heavy (non-hydrogen) atoms. The van der Waals surface area contributed by atoms with Gasteiger partial charge < -0.3 is 0 Å². The van der Waals surface area contributed by atoms with Crippen LogP contribution in [0, 0.1) is 0 Å². The molecule has 0 atom stereocenters. The molecule has 0 heteroatoms. The van der Waals surface area contributed by atoms with Crippen molar-refractivity contribution in [3.8, 4) is 33.4 Å². The lowest BCUT2D eigenvalue weighted by Gasteiger charge is -2.21. The minimum Gasteiger partial charge on any atom is -0.0622 e. The van der Waals surface area contributed by atoms with E-state index in [4.69, 9.17) is 13.7 Å². The standard InChI is InChI=1S/C46H28/c1-3-11-29(12-4-1)34-24-20-32-22-26-39-40(27-23-33-21-25-38(34)43(32)44(33)39)46-37-18-10-9-17-36(37)42(31-14-5-2-6-15-31)41-28-19-30-13-7-8-16-35(30)45(41)46/h1-28H/i2D,5D,6D,7D,8D,9D,10D,13D,14D,15D,16D,17D,18D,19D,28D. The summed E-state index contributed by atoms with van der Waals surface area (Å²) in [5.74, 6) is 0. The van der Waals surface area contributed by atoms with Crippen LogP contribution in [0.2, 0.25) is 0 Å². The van der Waals surface area contributed by atoms with Crippen LogP contribution >= 0.6 is 0 Å². The second-order valence-electron chi connectivity index (χ2n) is 11.3. The summed E-state index contributed by atoms with van der Waals surface area (Å²) in [6.45, 7) is 0. The maximum Gasteiger partial charge on any atom is 0.0630 e. The van der Waals surface area contributed by atoms with Gasteiger partial charge in [-0.3, -0.25) is 0 Å². The first-order chi connectivity index (χ1) is 29.1. The fourth-order valence-electron chi connectivity index (χ4n) is 7.06. The third-order valence-corrected chi connectivity index (χ3v) is 8.96. The smallest absolute Gasteiger partial charge is 0.0622 e. The molecule has 0 nitrogen and oxygen atoms in total. The quantitative estimate of drug-likeness (QED) is 0.141.